The van der Waals surface area contributed by atoms with Gasteiger partial charge in [0.25, 0.3) is 0 Å². The molecular formula is C7H11NO3. The SMILES string of the molecule is O=C(O)[C@@H]1C[C@@H]2OCC[C@H]2N1. The number of fused-ring (bicyclic) bond motifs is 1. The minimum atomic E-state index is -0.761. The maximum absolute atomic E-state index is 10.5. The van der Waals surface area contributed by atoms with E-state index in [1.165, 1.54) is 0 Å². The molecule has 0 spiro atoms. The summed E-state index contributed by atoms with van der Waals surface area (Å²) in [5, 5.41) is 11.7. The Balaban J connectivity index is 1.99. The Morgan fingerprint density at radius 3 is 3.09 bits per heavy atom. The summed E-state index contributed by atoms with van der Waals surface area (Å²) in [7, 11) is 0. The van der Waals surface area contributed by atoms with Gasteiger partial charge >= 0.3 is 5.97 Å². The Hall–Kier alpha value is -0.610. The van der Waals surface area contributed by atoms with Crippen molar-refractivity contribution in [3.05, 3.63) is 0 Å². The van der Waals surface area contributed by atoms with Crippen molar-refractivity contribution in [2.75, 3.05) is 6.61 Å². The fourth-order valence-corrected chi connectivity index (χ4v) is 1.80. The lowest BCUT2D eigenvalue weighted by atomic mass is 10.1. The van der Waals surface area contributed by atoms with Crippen LogP contribution in [0.4, 0.5) is 0 Å². The molecule has 3 atom stereocenters. The molecule has 0 unspecified atom stereocenters. The summed E-state index contributed by atoms with van der Waals surface area (Å²) >= 11 is 0. The first-order valence-electron chi connectivity index (χ1n) is 3.88. The number of aliphatic carboxylic acids is 1. The van der Waals surface area contributed by atoms with Crippen LogP contribution in [0.25, 0.3) is 0 Å². The van der Waals surface area contributed by atoms with Gasteiger partial charge in [-0.1, -0.05) is 0 Å². The summed E-state index contributed by atoms with van der Waals surface area (Å²) in [6.07, 6.45) is 1.73. The zero-order valence-electron chi connectivity index (χ0n) is 6.12. The molecule has 0 amide bonds. The van der Waals surface area contributed by atoms with Gasteiger partial charge in [0.05, 0.1) is 6.10 Å². The maximum atomic E-state index is 10.5. The average molecular weight is 157 g/mol. The van der Waals surface area contributed by atoms with E-state index >= 15 is 0 Å². The van der Waals surface area contributed by atoms with Crippen molar-refractivity contribution in [2.45, 2.75) is 31.0 Å². The number of hydrogen-bond donors (Lipinski definition) is 2. The smallest absolute Gasteiger partial charge is 0.320 e. The van der Waals surface area contributed by atoms with E-state index in [1.54, 1.807) is 0 Å². The molecule has 2 saturated heterocycles. The van der Waals surface area contributed by atoms with E-state index in [-0.39, 0.29) is 18.2 Å². The second-order valence-electron chi connectivity index (χ2n) is 3.10. The highest BCUT2D eigenvalue weighted by molar-refractivity contribution is 5.74. The third-order valence-corrected chi connectivity index (χ3v) is 2.39. The van der Waals surface area contributed by atoms with Crippen LogP contribution < -0.4 is 5.32 Å². The van der Waals surface area contributed by atoms with Gasteiger partial charge in [0.15, 0.2) is 0 Å². The molecule has 0 aromatic rings. The Labute approximate surface area is 64.5 Å². The number of ether oxygens (including phenoxy) is 1. The summed E-state index contributed by atoms with van der Waals surface area (Å²) in [5.41, 5.74) is 0. The molecule has 0 aromatic carbocycles. The van der Waals surface area contributed by atoms with Crippen molar-refractivity contribution in [1.82, 2.24) is 5.32 Å². The molecule has 2 rings (SSSR count). The molecule has 4 nitrogen and oxygen atoms in total. The second-order valence-corrected chi connectivity index (χ2v) is 3.10. The van der Waals surface area contributed by atoms with Crippen LogP contribution in [0.2, 0.25) is 0 Å². The summed E-state index contributed by atoms with van der Waals surface area (Å²) in [6, 6.07) is -0.0959. The van der Waals surface area contributed by atoms with Gasteiger partial charge < -0.3 is 9.84 Å². The van der Waals surface area contributed by atoms with Crippen molar-refractivity contribution >= 4 is 5.97 Å². The quantitative estimate of drug-likeness (QED) is 0.543. The molecule has 2 N–H and O–H groups in total. The van der Waals surface area contributed by atoms with Gasteiger partial charge in [-0.2, -0.15) is 0 Å². The minimum absolute atomic E-state index is 0.149. The fraction of sp³-hybridized carbons (Fsp3) is 0.857. The molecule has 11 heavy (non-hydrogen) atoms. The maximum Gasteiger partial charge on any atom is 0.320 e. The van der Waals surface area contributed by atoms with Gasteiger partial charge in [0.2, 0.25) is 0 Å². The topological polar surface area (TPSA) is 58.6 Å². The lowest BCUT2D eigenvalue weighted by Gasteiger charge is -2.05. The molecular weight excluding hydrogens is 146 g/mol. The molecule has 4 heteroatoms. The van der Waals surface area contributed by atoms with Crippen LogP contribution >= 0.6 is 0 Å². The summed E-state index contributed by atoms with van der Waals surface area (Å²) in [5.74, 6) is -0.761. The first kappa shape index (κ1) is 7.06. The van der Waals surface area contributed by atoms with Crippen LogP contribution in [0.5, 0.6) is 0 Å². The Bertz CT molecular complexity index is 171. The summed E-state index contributed by atoms with van der Waals surface area (Å²) < 4.78 is 5.33. The average Bonchev–Trinajstić information content (AvgIpc) is 2.40. The third kappa shape index (κ3) is 1.12. The number of hydrogen-bond acceptors (Lipinski definition) is 3. The van der Waals surface area contributed by atoms with Crippen LogP contribution in [0.15, 0.2) is 0 Å². The number of carboxylic acids is 1. The van der Waals surface area contributed by atoms with Gasteiger partial charge in [0, 0.05) is 19.1 Å². The molecule has 2 heterocycles. The van der Waals surface area contributed by atoms with E-state index in [4.69, 9.17) is 9.84 Å². The van der Waals surface area contributed by atoms with E-state index < -0.39 is 5.97 Å². The number of carboxylic acid groups (broad SMARTS) is 1. The number of carbonyl (C=O) groups is 1. The Morgan fingerprint density at radius 2 is 2.45 bits per heavy atom. The van der Waals surface area contributed by atoms with Crippen molar-refractivity contribution < 1.29 is 14.6 Å². The molecule has 2 fully saturated rings. The molecule has 0 saturated carbocycles. The molecule has 62 valence electrons. The Kier molecular flexibility index (Phi) is 1.58. The molecule has 0 aliphatic carbocycles. The van der Waals surface area contributed by atoms with Crippen LogP contribution in [0.1, 0.15) is 12.8 Å². The van der Waals surface area contributed by atoms with E-state index in [0.29, 0.717) is 6.42 Å². The highest BCUT2D eigenvalue weighted by Gasteiger charge is 2.40. The Morgan fingerprint density at radius 1 is 1.64 bits per heavy atom. The molecule has 0 radical (unpaired) electrons. The van der Waals surface area contributed by atoms with Crippen molar-refractivity contribution in [3.8, 4) is 0 Å². The molecule has 0 aromatic heterocycles. The van der Waals surface area contributed by atoms with Gasteiger partial charge in [-0.05, 0) is 6.42 Å². The summed E-state index contributed by atoms with van der Waals surface area (Å²) in [6.45, 7) is 0.772. The van der Waals surface area contributed by atoms with Gasteiger partial charge in [-0.3, -0.25) is 10.1 Å². The summed E-state index contributed by atoms with van der Waals surface area (Å²) in [4.78, 5) is 10.5. The predicted octanol–water partition coefficient (Wildman–Crippen LogP) is -0.410. The van der Waals surface area contributed by atoms with E-state index in [9.17, 15) is 4.79 Å². The standard InChI is InChI=1S/C7H11NO3/c9-7(10)5-3-6-4(8-5)1-2-11-6/h4-6,8H,1-3H2,(H,9,10)/t4-,5+,6+/m1/s1. The molecule has 0 bridgehead atoms. The van der Waals surface area contributed by atoms with Gasteiger partial charge in [-0.15, -0.1) is 0 Å². The lowest BCUT2D eigenvalue weighted by molar-refractivity contribution is -0.139. The minimum Gasteiger partial charge on any atom is -0.480 e. The largest absolute Gasteiger partial charge is 0.480 e. The van der Waals surface area contributed by atoms with Gasteiger partial charge in [0.1, 0.15) is 6.04 Å². The van der Waals surface area contributed by atoms with Crippen molar-refractivity contribution in [1.29, 1.82) is 0 Å². The fourth-order valence-electron chi connectivity index (χ4n) is 1.80. The van der Waals surface area contributed by atoms with E-state index in [1.807, 2.05) is 0 Å². The number of nitrogens with one attached hydrogen (secondary N) is 1. The lowest BCUT2D eigenvalue weighted by Crippen LogP contribution is -2.35. The van der Waals surface area contributed by atoms with E-state index in [2.05, 4.69) is 5.32 Å². The van der Waals surface area contributed by atoms with Crippen LogP contribution in [0, 0.1) is 0 Å². The monoisotopic (exact) mass is 157 g/mol. The first-order chi connectivity index (χ1) is 5.27. The third-order valence-electron chi connectivity index (χ3n) is 2.39. The number of rotatable bonds is 1. The zero-order chi connectivity index (χ0) is 7.84. The van der Waals surface area contributed by atoms with Crippen LogP contribution in [-0.4, -0.2) is 35.9 Å². The highest BCUT2D eigenvalue weighted by atomic mass is 16.5. The van der Waals surface area contributed by atoms with Crippen LogP contribution in [-0.2, 0) is 9.53 Å². The van der Waals surface area contributed by atoms with Crippen molar-refractivity contribution in [3.63, 3.8) is 0 Å². The first-order valence-corrected chi connectivity index (χ1v) is 3.88. The zero-order valence-corrected chi connectivity index (χ0v) is 6.12. The molecule has 2 aliphatic rings. The predicted molar refractivity (Wildman–Crippen MR) is 37.3 cm³/mol. The second kappa shape index (κ2) is 2.46. The van der Waals surface area contributed by atoms with Gasteiger partial charge in [-0.25, -0.2) is 0 Å². The van der Waals surface area contributed by atoms with E-state index in [0.717, 1.165) is 13.0 Å². The normalized spacial score (nSPS) is 42.4. The molecule has 2 aliphatic heterocycles. The van der Waals surface area contributed by atoms with Crippen molar-refractivity contribution in [2.24, 2.45) is 0 Å². The van der Waals surface area contributed by atoms with Crippen LogP contribution in [0.3, 0.4) is 0 Å². The highest BCUT2D eigenvalue weighted by Crippen LogP contribution is 2.24.